The van der Waals surface area contributed by atoms with E-state index < -0.39 is 6.10 Å². The van der Waals surface area contributed by atoms with Crippen molar-refractivity contribution < 1.29 is 9.84 Å². The van der Waals surface area contributed by atoms with Crippen molar-refractivity contribution >= 4 is 0 Å². The van der Waals surface area contributed by atoms with Crippen molar-refractivity contribution in [2.75, 3.05) is 7.11 Å². The lowest BCUT2D eigenvalue weighted by Gasteiger charge is -2.32. The lowest BCUT2D eigenvalue weighted by Crippen LogP contribution is -2.34. The van der Waals surface area contributed by atoms with Gasteiger partial charge in [-0.15, -0.1) is 0 Å². The fourth-order valence-electron chi connectivity index (χ4n) is 1.84. The van der Waals surface area contributed by atoms with E-state index >= 15 is 0 Å². The number of aliphatic hydroxyl groups excluding tert-OH is 1. The van der Waals surface area contributed by atoms with Gasteiger partial charge in [-0.2, -0.15) is 5.10 Å². The van der Waals surface area contributed by atoms with Crippen molar-refractivity contribution in [3.63, 3.8) is 0 Å². The van der Waals surface area contributed by atoms with E-state index in [-0.39, 0.29) is 11.5 Å². The zero-order chi connectivity index (χ0) is 12.3. The molecule has 2 unspecified atom stereocenters. The molecule has 1 aromatic heterocycles. The molecule has 0 saturated heterocycles. The molecule has 0 aliphatic rings. The molecule has 0 aliphatic heterocycles. The van der Waals surface area contributed by atoms with Crippen molar-refractivity contribution in [3.8, 4) is 0 Å². The molecule has 0 saturated carbocycles. The predicted octanol–water partition coefficient (Wildman–Crippen LogP) is 2.00. The van der Waals surface area contributed by atoms with Crippen LogP contribution in [0.1, 0.15) is 39.4 Å². The number of methoxy groups -OCH3 is 1. The fraction of sp³-hybridized carbons (Fsp3) is 0.750. The topological polar surface area (TPSA) is 47.3 Å². The molecule has 0 fully saturated rings. The second-order valence-corrected chi connectivity index (χ2v) is 5.10. The van der Waals surface area contributed by atoms with Gasteiger partial charge in [0.2, 0.25) is 0 Å². The number of hydrogen-bond donors (Lipinski definition) is 1. The highest BCUT2D eigenvalue weighted by Crippen LogP contribution is 2.32. The summed E-state index contributed by atoms with van der Waals surface area (Å²) in [6, 6.07) is 0. The summed E-state index contributed by atoms with van der Waals surface area (Å²) in [5.74, 6) is 0. The van der Waals surface area contributed by atoms with Crippen LogP contribution in [-0.2, 0) is 11.3 Å². The van der Waals surface area contributed by atoms with Crippen molar-refractivity contribution in [2.24, 2.45) is 5.41 Å². The van der Waals surface area contributed by atoms with E-state index in [1.165, 1.54) is 0 Å². The molecular weight excluding hydrogens is 204 g/mol. The minimum atomic E-state index is -0.634. The molecular formula is C12H22N2O2. The molecule has 0 bridgehead atoms. The normalized spacial score (nSPS) is 16.1. The third kappa shape index (κ3) is 2.83. The Bertz CT molecular complexity index is 328. The van der Waals surface area contributed by atoms with E-state index in [9.17, 15) is 5.11 Å². The second-order valence-electron chi connectivity index (χ2n) is 5.10. The quantitative estimate of drug-likeness (QED) is 0.854. The first-order chi connectivity index (χ1) is 7.40. The first-order valence-electron chi connectivity index (χ1n) is 5.63. The number of nitrogens with zero attached hydrogens (tertiary/aromatic N) is 2. The SMILES string of the molecule is CCn1cc(C(O)C(OC)C(C)(C)C)cn1. The standard InChI is InChI=1S/C12H22N2O2/c1-6-14-8-9(7-13-14)10(15)11(16-5)12(2,3)4/h7-8,10-11,15H,6H2,1-5H3. The van der Waals surface area contributed by atoms with E-state index in [0.717, 1.165) is 12.1 Å². The summed E-state index contributed by atoms with van der Waals surface area (Å²) >= 11 is 0. The van der Waals surface area contributed by atoms with Crippen LogP contribution < -0.4 is 0 Å². The molecule has 92 valence electrons. The zero-order valence-corrected chi connectivity index (χ0v) is 10.8. The lowest BCUT2D eigenvalue weighted by atomic mass is 9.84. The minimum absolute atomic E-state index is 0.109. The maximum atomic E-state index is 10.2. The molecule has 0 amide bonds. The number of rotatable bonds is 4. The summed E-state index contributed by atoms with van der Waals surface area (Å²) in [4.78, 5) is 0. The van der Waals surface area contributed by atoms with Crippen molar-refractivity contribution in [1.29, 1.82) is 0 Å². The van der Waals surface area contributed by atoms with Crippen LogP contribution in [0.2, 0.25) is 0 Å². The van der Waals surface area contributed by atoms with E-state index in [1.54, 1.807) is 18.0 Å². The van der Waals surface area contributed by atoms with Crippen molar-refractivity contribution in [2.45, 2.75) is 46.4 Å². The molecule has 4 nitrogen and oxygen atoms in total. The molecule has 0 aromatic carbocycles. The summed E-state index contributed by atoms with van der Waals surface area (Å²) in [6.45, 7) is 8.97. The summed E-state index contributed by atoms with van der Waals surface area (Å²) in [7, 11) is 1.63. The van der Waals surface area contributed by atoms with Gasteiger partial charge >= 0.3 is 0 Å². The Morgan fingerprint density at radius 1 is 1.50 bits per heavy atom. The molecule has 2 atom stereocenters. The molecule has 0 radical (unpaired) electrons. The molecule has 1 rings (SSSR count). The number of aliphatic hydroxyl groups is 1. The Morgan fingerprint density at radius 2 is 2.12 bits per heavy atom. The number of aryl methyl sites for hydroxylation is 1. The van der Waals surface area contributed by atoms with Crippen LogP contribution in [0.4, 0.5) is 0 Å². The van der Waals surface area contributed by atoms with Crippen LogP contribution in [0.15, 0.2) is 12.4 Å². The molecule has 0 spiro atoms. The average Bonchev–Trinajstić information content (AvgIpc) is 2.64. The van der Waals surface area contributed by atoms with Gasteiger partial charge in [0.1, 0.15) is 6.10 Å². The maximum absolute atomic E-state index is 10.2. The third-order valence-corrected chi connectivity index (χ3v) is 2.71. The van der Waals surface area contributed by atoms with Crippen LogP contribution in [0, 0.1) is 5.41 Å². The Hall–Kier alpha value is -0.870. The summed E-state index contributed by atoms with van der Waals surface area (Å²) in [5, 5.41) is 14.4. The first kappa shape index (κ1) is 13.2. The highest BCUT2D eigenvalue weighted by molar-refractivity contribution is 5.11. The van der Waals surface area contributed by atoms with Gasteiger partial charge in [-0.25, -0.2) is 0 Å². The maximum Gasteiger partial charge on any atom is 0.109 e. The van der Waals surface area contributed by atoms with E-state index in [0.29, 0.717) is 0 Å². The van der Waals surface area contributed by atoms with Gasteiger partial charge in [0.05, 0.1) is 12.3 Å². The highest BCUT2D eigenvalue weighted by Gasteiger charge is 2.32. The number of ether oxygens (including phenoxy) is 1. The molecule has 1 aromatic rings. The van der Waals surface area contributed by atoms with Crippen molar-refractivity contribution in [1.82, 2.24) is 9.78 Å². The molecule has 1 heterocycles. The Morgan fingerprint density at radius 3 is 2.50 bits per heavy atom. The van der Waals surface area contributed by atoms with Gasteiger partial charge in [-0.05, 0) is 12.3 Å². The van der Waals surface area contributed by atoms with Gasteiger partial charge in [-0.1, -0.05) is 20.8 Å². The Labute approximate surface area is 97.2 Å². The van der Waals surface area contributed by atoms with E-state index in [1.807, 2.05) is 13.1 Å². The molecule has 1 N–H and O–H groups in total. The summed E-state index contributed by atoms with van der Waals surface area (Å²) in [5.41, 5.74) is 0.700. The summed E-state index contributed by atoms with van der Waals surface area (Å²) < 4.78 is 7.19. The van der Waals surface area contributed by atoms with Gasteiger partial charge in [0.25, 0.3) is 0 Å². The van der Waals surface area contributed by atoms with Crippen LogP contribution in [0.5, 0.6) is 0 Å². The third-order valence-electron chi connectivity index (χ3n) is 2.71. The number of aromatic nitrogens is 2. The zero-order valence-electron chi connectivity index (χ0n) is 10.8. The molecule has 0 aliphatic carbocycles. The first-order valence-corrected chi connectivity index (χ1v) is 5.63. The fourth-order valence-corrected chi connectivity index (χ4v) is 1.84. The largest absolute Gasteiger partial charge is 0.386 e. The molecule has 4 heteroatoms. The monoisotopic (exact) mass is 226 g/mol. The highest BCUT2D eigenvalue weighted by atomic mass is 16.5. The smallest absolute Gasteiger partial charge is 0.109 e. The molecule has 16 heavy (non-hydrogen) atoms. The van der Waals surface area contributed by atoms with E-state index in [2.05, 4.69) is 25.9 Å². The average molecular weight is 226 g/mol. The van der Waals surface area contributed by atoms with Crippen LogP contribution in [0.3, 0.4) is 0 Å². The van der Waals surface area contributed by atoms with Crippen LogP contribution in [-0.4, -0.2) is 28.1 Å². The van der Waals surface area contributed by atoms with Gasteiger partial charge in [0, 0.05) is 25.4 Å². The Kier molecular flexibility index (Phi) is 4.10. The Balaban J connectivity index is 2.86. The number of hydrogen-bond acceptors (Lipinski definition) is 3. The van der Waals surface area contributed by atoms with E-state index in [4.69, 9.17) is 4.74 Å². The second kappa shape index (κ2) is 4.97. The minimum Gasteiger partial charge on any atom is -0.386 e. The van der Waals surface area contributed by atoms with Crippen LogP contribution >= 0.6 is 0 Å². The van der Waals surface area contributed by atoms with Gasteiger partial charge < -0.3 is 9.84 Å². The van der Waals surface area contributed by atoms with Gasteiger partial charge in [-0.3, -0.25) is 4.68 Å². The van der Waals surface area contributed by atoms with Crippen LogP contribution in [0.25, 0.3) is 0 Å². The summed E-state index contributed by atoms with van der Waals surface area (Å²) in [6.07, 6.45) is 2.70. The van der Waals surface area contributed by atoms with Crippen molar-refractivity contribution in [3.05, 3.63) is 18.0 Å². The van der Waals surface area contributed by atoms with Gasteiger partial charge in [0.15, 0.2) is 0 Å². The predicted molar refractivity (Wildman–Crippen MR) is 63.1 cm³/mol. The lowest BCUT2D eigenvalue weighted by molar-refractivity contribution is -0.0724.